The lowest BCUT2D eigenvalue weighted by Crippen LogP contribution is -2.29. The smallest absolute Gasteiger partial charge is 0.428 e. The normalized spacial score (nSPS) is 11.9. The van der Waals surface area contributed by atoms with E-state index in [9.17, 15) is 9.59 Å². The highest BCUT2D eigenvalue weighted by Crippen LogP contribution is 2.10. The van der Waals surface area contributed by atoms with E-state index in [1.54, 1.807) is 59.7 Å². The van der Waals surface area contributed by atoms with Crippen molar-refractivity contribution in [3.63, 3.8) is 0 Å². The summed E-state index contributed by atoms with van der Waals surface area (Å²) in [5.41, 5.74) is 1.48. The van der Waals surface area contributed by atoms with Crippen molar-refractivity contribution >= 4 is 24.2 Å². The Kier molecular flexibility index (Phi) is 6.27. The Labute approximate surface area is 141 Å². The Morgan fingerprint density at radius 1 is 1.04 bits per heavy atom. The molecule has 2 amide bonds. The Morgan fingerprint density at radius 3 is 2.21 bits per heavy atom. The molecule has 0 saturated heterocycles. The summed E-state index contributed by atoms with van der Waals surface area (Å²) in [6, 6.07) is 4.97. The van der Waals surface area contributed by atoms with Crippen molar-refractivity contribution < 1.29 is 19.1 Å². The van der Waals surface area contributed by atoms with Crippen molar-refractivity contribution in [1.29, 1.82) is 0 Å². The van der Waals surface area contributed by atoms with Gasteiger partial charge in [0.25, 0.3) is 0 Å². The summed E-state index contributed by atoms with van der Waals surface area (Å²) in [4.78, 5) is 27.3. The van der Waals surface area contributed by atoms with Crippen molar-refractivity contribution in [3.05, 3.63) is 23.9 Å². The first-order chi connectivity index (χ1) is 10.9. The second kappa shape index (κ2) is 7.76. The Hall–Kier alpha value is -2.64. The summed E-state index contributed by atoms with van der Waals surface area (Å²) in [5.74, 6) is 0.311. The number of aromatic nitrogens is 1. The molecular weight excluding hydrogens is 312 g/mol. The Balaban J connectivity index is 2.61. The lowest BCUT2D eigenvalue weighted by atomic mass is 10.2. The molecule has 1 aromatic heterocycles. The van der Waals surface area contributed by atoms with Crippen molar-refractivity contribution in [3.8, 4) is 0 Å². The number of pyridine rings is 1. The van der Waals surface area contributed by atoms with E-state index in [-0.39, 0.29) is 0 Å². The fourth-order valence-electron chi connectivity index (χ4n) is 1.45. The molecule has 0 fully saturated rings. The zero-order valence-electron chi connectivity index (χ0n) is 14.8. The Bertz CT molecular complexity index is 615. The number of hydrogen-bond donors (Lipinski definition) is 2. The molecule has 8 nitrogen and oxygen atoms in total. The van der Waals surface area contributed by atoms with Gasteiger partial charge >= 0.3 is 12.2 Å². The average Bonchev–Trinajstić information content (AvgIpc) is 2.34. The van der Waals surface area contributed by atoms with E-state index >= 15 is 0 Å². The highest BCUT2D eigenvalue weighted by Gasteiger charge is 2.17. The molecule has 1 heterocycles. The van der Waals surface area contributed by atoms with Gasteiger partial charge in [0.2, 0.25) is 0 Å². The van der Waals surface area contributed by atoms with Gasteiger partial charge < -0.3 is 9.47 Å². The maximum Gasteiger partial charge on any atom is 0.428 e. The van der Waals surface area contributed by atoms with Gasteiger partial charge in [-0.05, 0) is 53.7 Å². The molecule has 8 heteroatoms. The molecule has 0 aliphatic rings. The first-order valence-electron chi connectivity index (χ1n) is 7.44. The van der Waals surface area contributed by atoms with Gasteiger partial charge in [0.15, 0.2) is 0 Å². The maximum atomic E-state index is 11.7. The molecule has 0 radical (unpaired) electrons. The second-order valence-electron chi connectivity index (χ2n) is 6.95. The number of rotatable bonds is 3. The number of hydrogen-bond acceptors (Lipinski definition) is 6. The predicted octanol–water partition coefficient (Wildman–Crippen LogP) is 3.29. The number of amides is 2. The lowest BCUT2D eigenvalue weighted by molar-refractivity contribution is 0.0528. The molecule has 1 rings (SSSR count). The molecule has 2 N–H and O–H groups in total. The third kappa shape index (κ3) is 8.72. The van der Waals surface area contributed by atoms with E-state index < -0.39 is 23.4 Å². The van der Waals surface area contributed by atoms with E-state index in [0.29, 0.717) is 11.5 Å². The van der Waals surface area contributed by atoms with Crippen LogP contribution in [0.15, 0.2) is 23.3 Å². The van der Waals surface area contributed by atoms with Crippen LogP contribution in [0.1, 0.15) is 47.2 Å². The van der Waals surface area contributed by atoms with Crippen LogP contribution < -0.4 is 10.7 Å². The van der Waals surface area contributed by atoms with E-state index in [4.69, 9.17) is 9.47 Å². The van der Waals surface area contributed by atoms with Gasteiger partial charge in [-0.1, -0.05) is 6.07 Å². The van der Waals surface area contributed by atoms with Gasteiger partial charge in [0.1, 0.15) is 17.0 Å². The number of nitrogens with one attached hydrogen (secondary N) is 2. The van der Waals surface area contributed by atoms with Gasteiger partial charge in [0, 0.05) is 0 Å². The fraction of sp³-hybridized carbons (Fsp3) is 0.500. The largest absolute Gasteiger partial charge is 0.444 e. The summed E-state index contributed by atoms with van der Waals surface area (Å²) < 4.78 is 10.2. The van der Waals surface area contributed by atoms with Crippen LogP contribution in [0.2, 0.25) is 0 Å². The molecule has 0 saturated carbocycles. The van der Waals surface area contributed by atoms with Crippen LogP contribution in [0.5, 0.6) is 0 Å². The monoisotopic (exact) mass is 336 g/mol. The quantitative estimate of drug-likeness (QED) is 0.651. The highest BCUT2D eigenvalue weighted by atomic mass is 16.6. The predicted molar refractivity (Wildman–Crippen MR) is 91.1 cm³/mol. The molecule has 0 aliphatic heterocycles. The van der Waals surface area contributed by atoms with E-state index in [1.165, 1.54) is 6.21 Å². The van der Waals surface area contributed by atoms with Crippen molar-refractivity contribution in [2.24, 2.45) is 5.10 Å². The molecule has 0 aromatic carbocycles. The minimum absolute atomic E-state index is 0.311. The number of ether oxygens (including phenoxy) is 2. The summed E-state index contributed by atoms with van der Waals surface area (Å²) >= 11 is 0. The van der Waals surface area contributed by atoms with Crippen LogP contribution in [0.4, 0.5) is 15.4 Å². The Morgan fingerprint density at radius 2 is 1.62 bits per heavy atom. The zero-order chi connectivity index (χ0) is 18.4. The van der Waals surface area contributed by atoms with E-state index in [0.717, 1.165) is 0 Å². The zero-order valence-corrected chi connectivity index (χ0v) is 14.8. The van der Waals surface area contributed by atoms with Gasteiger partial charge in [-0.15, -0.1) is 0 Å². The highest BCUT2D eigenvalue weighted by molar-refractivity contribution is 5.85. The number of anilines is 1. The first kappa shape index (κ1) is 19.4. The lowest BCUT2D eigenvalue weighted by Gasteiger charge is -2.19. The van der Waals surface area contributed by atoms with Crippen LogP contribution in [-0.4, -0.2) is 34.6 Å². The molecule has 1 aromatic rings. The minimum atomic E-state index is -0.665. The standard InChI is InChI=1S/C16H24N4O4/c1-15(2,3)23-13(21)19-12-9-7-8-11(18-12)10-17-20-14(22)24-16(4,5)6/h7-10H,1-6H3,(H,20,22)(H,18,19,21)/b17-10+. The maximum absolute atomic E-state index is 11.7. The molecule has 0 atom stereocenters. The SMILES string of the molecule is CC(C)(C)OC(=O)N/N=C/c1cccc(NC(=O)OC(C)(C)C)n1. The molecule has 0 unspecified atom stereocenters. The van der Waals surface area contributed by atoms with Crippen LogP contribution in [-0.2, 0) is 9.47 Å². The summed E-state index contributed by atoms with van der Waals surface area (Å²) in [6.07, 6.45) is 0.0715. The van der Waals surface area contributed by atoms with Crippen LogP contribution in [0.3, 0.4) is 0 Å². The first-order valence-corrected chi connectivity index (χ1v) is 7.44. The molecule has 0 spiro atoms. The van der Waals surface area contributed by atoms with Crippen LogP contribution in [0.25, 0.3) is 0 Å². The topological polar surface area (TPSA) is 102 Å². The molecular formula is C16H24N4O4. The third-order valence-corrected chi connectivity index (χ3v) is 2.15. The molecule has 0 bridgehead atoms. The molecule has 0 aliphatic carbocycles. The molecule has 132 valence electrons. The van der Waals surface area contributed by atoms with Crippen LogP contribution in [0, 0.1) is 0 Å². The van der Waals surface area contributed by atoms with Gasteiger partial charge in [-0.25, -0.2) is 20.0 Å². The van der Waals surface area contributed by atoms with Gasteiger partial charge in [-0.2, -0.15) is 5.10 Å². The van der Waals surface area contributed by atoms with Gasteiger partial charge in [0.05, 0.1) is 11.9 Å². The number of hydrazone groups is 1. The average molecular weight is 336 g/mol. The third-order valence-electron chi connectivity index (χ3n) is 2.15. The van der Waals surface area contributed by atoms with E-state index in [1.807, 2.05) is 0 Å². The van der Waals surface area contributed by atoms with E-state index in [2.05, 4.69) is 20.8 Å². The van der Waals surface area contributed by atoms with Crippen molar-refractivity contribution in [1.82, 2.24) is 10.4 Å². The number of carbonyl (C=O) groups is 2. The number of nitrogens with zero attached hydrogens (tertiary/aromatic N) is 2. The summed E-state index contributed by atoms with van der Waals surface area (Å²) in [5, 5.41) is 6.27. The number of carbonyl (C=O) groups excluding carboxylic acids is 2. The summed E-state index contributed by atoms with van der Waals surface area (Å²) in [7, 11) is 0. The minimum Gasteiger partial charge on any atom is -0.444 e. The molecule has 24 heavy (non-hydrogen) atoms. The van der Waals surface area contributed by atoms with Crippen LogP contribution >= 0.6 is 0 Å². The fourth-order valence-corrected chi connectivity index (χ4v) is 1.45. The van der Waals surface area contributed by atoms with Crippen molar-refractivity contribution in [2.45, 2.75) is 52.7 Å². The summed E-state index contributed by atoms with van der Waals surface area (Å²) in [6.45, 7) is 10.6. The van der Waals surface area contributed by atoms with Gasteiger partial charge in [-0.3, -0.25) is 5.32 Å². The van der Waals surface area contributed by atoms with Crippen molar-refractivity contribution in [2.75, 3.05) is 5.32 Å². The second-order valence-corrected chi connectivity index (χ2v) is 6.95.